The molecule has 0 bridgehead atoms. The highest BCUT2D eigenvalue weighted by atomic mass is 14.7. The predicted molar refractivity (Wildman–Crippen MR) is 58.8 cm³/mol. The minimum Gasteiger partial charge on any atom is -0.397 e. The Bertz CT molecular complexity index is 512. The highest BCUT2D eigenvalue weighted by Gasteiger charge is 2.06. The van der Waals surface area contributed by atoms with Gasteiger partial charge < -0.3 is 5.73 Å². The van der Waals surface area contributed by atoms with Gasteiger partial charge in [-0.25, -0.2) is 0 Å². The van der Waals surface area contributed by atoms with Gasteiger partial charge in [0, 0.05) is 11.8 Å². The van der Waals surface area contributed by atoms with Crippen LogP contribution in [-0.2, 0) is 0 Å². The van der Waals surface area contributed by atoms with Crippen LogP contribution in [-0.4, -0.2) is 4.98 Å². The molecule has 3 heteroatoms. The fourth-order valence-corrected chi connectivity index (χ4v) is 1.41. The maximum absolute atomic E-state index is 8.84. The standard InChI is InChI=1S/C12H9N3/c13-8-9-4-3-5-10(12(9)14)11-6-1-2-7-15-11/h1-7H,14H2. The van der Waals surface area contributed by atoms with Gasteiger partial charge >= 0.3 is 0 Å². The molecule has 0 saturated carbocycles. The maximum atomic E-state index is 8.84. The second kappa shape index (κ2) is 3.81. The van der Waals surface area contributed by atoms with Crippen LogP contribution < -0.4 is 5.73 Å². The molecule has 2 rings (SSSR count). The van der Waals surface area contributed by atoms with Gasteiger partial charge in [-0.2, -0.15) is 5.26 Å². The summed E-state index contributed by atoms with van der Waals surface area (Å²) in [5, 5.41) is 8.84. The summed E-state index contributed by atoms with van der Waals surface area (Å²) in [6.45, 7) is 0. The van der Waals surface area contributed by atoms with E-state index >= 15 is 0 Å². The Hall–Kier alpha value is -2.34. The summed E-state index contributed by atoms with van der Waals surface area (Å²) in [5.41, 5.74) is 8.42. The lowest BCUT2D eigenvalue weighted by molar-refractivity contribution is 1.32. The number of hydrogen-bond acceptors (Lipinski definition) is 3. The van der Waals surface area contributed by atoms with E-state index in [1.807, 2.05) is 24.3 Å². The van der Waals surface area contributed by atoms with Crippen molar-refractivity contribution in [2.45, 2.75) is 0 Å². The highest BCUT2D eigenvalue weighted by molar-refractivity contribution is 5.78. The third-order valence-corrected chi connectivity index (χ3v) is 2.17. The first-order valence-corrected chi connectivity index (χ1v) is 4.53. The van der Waals surface area contributed by atoms with Crippen molar-refractivity contribution >= 4 is 5.69 Å². The summed E-state index contributed by atoms with van der Waals surface area (Å²) in [6.07, 6.45) is 1.70. The van der Waals surface area contributed by atoms with Crippen LogP contribution in [0.15, 0.2) is 42.6 Å². The summed E-state index contributed by atoms with van der Waals surface area (Å²) in [5.74, 6) is 0. The second-order valence-electron chi connectivity index (χ2n) is 3.09. The quantitative estimate of drug-likeness (QED) is 0.709. The number of benzene rings is 1. The molecule has 1 heterocycles. The Morgan fingerprint density at radius 3 is 2.67 bits per heavy atom. The molecule has 15 heavy (non-hydrogen) atoms. The van der Waals surface area contributed by atoms with Gasteiger partial charge in [-0.15, -0.1) is 0 Å². The molecule has 0 unspecified atom stereocenters. The van der Waals surface area contributed by atoms with Gasteiger partial charge in [0.1, 0.15) is 6.07 Å². The Kier molecular flexibility index (Phi) is 2.34. The number of pyridine rings is 1. The van der Waals surface area contributed by atoms with Crippen molar-refractivity contribution in [1.82, 2.24) is 4.98 Å². The fraction of sp³-hybridized carbons (Fsp3) is 0. The minimum absolute atomic E-state index is 0.484. The van der Waals surface area contributed by atoms with E-state index in [4.69, 9.17) is 11.0 Å². The molecule has 0 aliphatic rings. The van der Waals surface area contributed by atoms with Crippen LogP contribution in [0.5, 0.6) is 0 Å². The Morgan fingerprint density at radius 1 is 1.13 bits per heavy atom. The number of nitrogen functional groups attached to an aromatic ring is 1. The largest absolute Gasteiger partial charge is 0.397 e. The minimum atomic E-state index is 0.484. The number of para-hydroxylation sites is 1. The van der Waals surface area contributed by atoms with E-state index in [1.54, 1.807) is 18.3 Å². The predicted octanol–water partition coefficient (Wildman–Crippen LogP) is 2.20. The third-order valence-electron chi connectivity index (χ3n) is 2.17. The summed E-state index contributed by atoms with van der Waals surface area (Å²) in [6, 6.07) is 13.0. The van der Waals surface area contributed by atoms with Crippen molar-refractivity contribution in [3.63, 3.8) is 0 Å². The summed E-state index contributed by atoms with van der Waals surface area (Å²) in [7, 11) is 0. The zero-order chi connectivity index (χ0) is 10.7. The first-order valence-electron chi connectivity index (χ1n) is 4.53. The van der Waals surface area contributed by atoms with Crippen molar-refractivity contribution in [2.75, 3.05) is 5.73 Å². The lowest BCUT2D eigenvalue weighted by Crippen LogP contribution is -1.94. The van der Waals surface area contributed by atoms with Gasteiger partial charge in [0.15, 0.2) is 0 Å². The van der Waals surface area contributed by atoms with E-state index in [9.17, 15) is 0 Å². The average molecular weight is 195 g/mol. The first-order chi connectivity index (χ1) is 7.33. The molecule has 0 atom stereocenters. The van der Waals surface area contributed by atoms with Crippen molar-refractivity contribution in [3.8, 4) is 17.3 Å². The van der Waals surface area contributed by atoms with Crippen molar-refractivity contribution in [2.24, 2.45) is 0 Å². The Labute approximate surface area is 87.8 Å². The number of anilines is 1. The zero-order valence-corrected chi connectivity index (χ0v) is 8.01. The van der Waals surface area contributed by atoms with Crippen LogP contribution in [0.25, 0.3) is 11.3 Å². The number of nitrogens with zero attached hydrogens (tertiary/aromatic N) is 2. The van der Waals surface area contributed by atoms with Crippen molar-refractivity contribution in [1.29, 1.82) is 5.26 Å². The monoisotopic (exact) mass is 195 g/mol. The molecule has 1 aromatic heterocycles. The SMILES string of the molecule is N#Cc1cccc(-c2ccccn2)c1N. The van der Waals surface area contributed by atoms with Gasteiger partial charge in [-0.1, -0.05) is 18.2 Å². The molecule has 3 nitrogen and oxygen atoms in total. The second-order valence-corrected chi connectivity index (χ2v) is 3.09. The Morgan fingerprint density at radius 2 is 2.00 bits per heavy atom. The van der Waals surface area contributed by atoms with Crippen molar-refractivity contribution in [3.05, 3.63) is 48.2 Å². The third kappa shape index (κ3) is 1.65. The maximum Gasteiger partial charge on any atom is 0.101 e. The summed E-state index contributed by atoms with van der Waals surface area (Å²) in [4.78, 5) is 4.20. The molecule has 2 N–H and O–H groups in total. The summed E-state index contributed by atoms with van der Waals surface area (Å²) < 4.78 is 0. The number of aromatic nitrogens is 1. The smallest absolute Gasteiger partial charge is 0.101 e. The molecular weight excluding hydrogens is 186 g/mol. The van der Waals surface area contributed by atoms with Crippen molar-refractivity contribution < 1.29 is 0 Å². The summed E-state index contributed by atoms with van der Waals surface area (Å²) >= 11 is 0. The van der Waals surface area contributed by atoms with Crippen LogP contribution in [0, 0.1) is 11.3 Å². The molecular formula is C12H9N3. The van der Waals surface area contributed by atoms with E-state index in [2.05, 4.69) is 11.1 Å². The van der Waals surface area contributed by atoms with Crippen LogP contribution >= 0.6 is 0 Å². The van der Waals surface area contributed by atoms with Gasteiger partial charge in [0.25, 0.3) is 0 Å². The van der Waals surface area contributed by atoms with E-state index < -0.39 is 0 Å². The van der Waals surface area contributed by atoms with Crippen LogP contribution in [0.4, 0.5) is 5.69 Å². The molecule has 2 aromatic rings. The number of hydrogen-bond donors (Lipinski definition) is 1. The molecule has 72 valence electrons. The number of nitriles is 1. The van der Waals surface area contributed by atoms with Gasteiger partial charge in [-0.3, -0.25) is 4.98 Å². The molecule has 0 spiro atoms. The van der Waals surface area contributed by atoms with Gasteiger partial charge in [0.05, 0.1) is 16.9 Å². The normalized spacial score (nSPS) is 9.53. The topological polar surface area (TPSA) is 62.7 Å². The van der Waals surface area contributed by atoms with Crippen LogP contribution in [0.1, 0.15) is 5.56 Å². The lowest BCUT2D eigenvalue weighted by atomic mass is 10.1. The zero-order valence-electron chi connectivity index (χ0n) is 8.01. The van der Waals surface area contributed by atoms with Crippen LogP contribution in [0.2, 0.25) is 0 Å². The molecule has 1 aromatic carbocycles. The lowest BCUT2D eigenvalue weighted by Gasteiger charge is -2.05. The Balaban J connectivity index is 2.61. The van der Waals surface area contributed by atoms with E-state index in [1.165, 1.54) is 0 Å². The fourth-order valence-electron chi connectivity index (χ4n) is 1.41. The van der Waals surface area contributed by atoms with E-state index in [-0.39, 0.29) is 0 Å². The first kappa shape index (κ1) is 9.22. The van der Waals surface area contributed by atoms with E-state index in [0.717, 1.165) is 11.3 Å². The average Bonchev–Trinajstić information content (AvgIpc) is 2.30. The van der Waals surface area contributed by atoms with Gasteiger partial charge in [0.2, 0.25) is 0 Å². The number of nitrogens with two attached hydrogens (primary N) is 1. The molecule has 0 aliphatic carbocycles. The molecule has 0 aliphatic heterocycles. The van der Waals surface area contributed by atoms with E-state index in [0.29, 0.717) is 11.3 Å². The molecule has 0 fully saturated rings. The highest BCUT2D eigenvalue weighted by Crippen LogP contribution is 2.26. The number of rotatable bonds is 1. The van der Waals surface area contributed by atoms with Crippen LogP contribution in [0.3, 0.4) is 0 Å². The molecule has 0 radical (unpaired) electrons. The van der Waals surface area contributed by atoms with Gasteiger partial charge in [-0.05, 0) is 18.2 Å². The molecule has 0 amide bonds. The molecule has 0 saturated heterocycles.